The zero-order chi connectivity index (χ0) is 15.4. The van der Waals surface area contributed by atoms with E-state index in [1.165, 1.54) is 0 Å². The van der Waals surface area contributed by atoms with Gasteiger partial charge >= 0.3 is 0 Å². The summed E-state index contributed by atoms with van der Waals surface area (Å²) in [6.45, 7) is 0.579. The topological polar surface area (TPSA) is 51.9 Å². The van der Waals surface area contributed by atoms with Crippen molar-refractivity contribution < 1.29 is 4.79 Å². The summed E-state index contributed by atoms with van der Waals surface area (Å²) in [6, 6.07) is 11.5. The molecule has 112 valence electrons. The second-order valence-corrected chi connectivity index (χ2v) is 5.17. The Balaban J connectivity index is 1.56. The van der Waals surface area contributed by atoms with Gasteiger partial charge in [-0.15, -0.1) is 0 Å². The third-order valence-electron chi connectivity index (χ3n) is 3.46. The summed E-state index contributed by atoms with van der Waals surface area (Å²) in [4.78, 5) is 16.3. The Hall–Kier alpha value is -2.82. The van der Waals surface area contributed by atoms with Gasteiger partial charge in [-0.3, -0.25) is 4.79 Å². The Labute approximate surface area is 129 Å². The van der Waals surface area contributed by atoms with Crippen molar-refractivity contribution in [2.45, 2.75) is 6.42 Å². The highest BCUT2D eigenvalue weighted by Crippen LogP contribution is 2.10. The van der Waals surface area contributed by atoms with Crippen molar-refractivity contribution in [3.8, 4) is 5.69 Å². The molecule has 0 bridgehead atoms. The summed E-state index contributed by atoms with van der Waals surface area (Å²) in [6.07, 6.45) is 8.40. The zero-order valence-corrected chi connectivity index (χ0v) is 12.4. The molecule has 0 unspecified atom stereocenters. The second kappa shape index (κ2) is 6.30. The Morgan fingerprint density at radius 3 is 2.55 bits per heavy atom. The van der Waals surface area contributed by atoms with Crippen LogP contribution in [0.2, 0.25) is 0 Å². The molecule has 1 N–H and O–H groups in total. The van der Waals surface area contributed by atoms with E-state index in [2.05, 4.69) is 10.3 Å². The smallest absolute Gasteiger partial charge is 0.251 e. The first-order chi connectivity index (χ1) is 10.7. The van der Waals surface area contributed by atoms with E-state index in [0.29, 0.717) is 12.1 Å². The quantitative estimate of drug-likeness (QED) is 0.784. The number of nitrogens with zero attached hydrogens (tertiary/aromatic N) is 3. The summed E-state index contributed by atoms with van der Waals surface area (Å²) >= 11 is 0. The van der Waals surface area contributed by atoms with Crippen molar-refractivity contribution >= 4 is 5.91 Å². The molecule has 5 heteroatoms. The van der Waals surface area contributed by atoms with Crippen LogP contribution in [0.4, 0.5) is 0 Å². The van der Waals surface area contributed by atoms with Crippen LogP contribution in [0, 0.1) is 0 Å². The highest BCUT2D eigenvalue weighted by Gasteiger charge is 2.05. The number of nitrogens with one attached hydrogen (secondary N) is 1. The lowest BCUT2D eigenvalue weighted by Crippen LogP contribution is -2.25. The van der Waals surface area contributed by atoms with E-state index in [1.54, 1.807) is 6.33 Å². The van der Waals surface area contributed by atoms with Crippen molar-refractivity contribution in [2.75, 3.05) is 6.54 Å². The van der Waals surface area contributed by atoms with Crippen molar-refractivity contribution in [3.05, 3.63) is 72.6 Å². The fourth-order valence-corrected chi connectivity index (χ4v) is 2.29. The fraction of sp³-hybridized carbons (Fsp3) is 0.176. The minimum absolute atomic E-state index is 0.0602. The maximum Gasteiger partial charge on any atom is 0.251 e. The number of carbonyl (C=O) groups excluding carboxylic acids is 1. The number of carbonyl (C=O) groups is 1. The number of hydrogen-bond acceptors (Lipinski definition) is 2. The second-order valence-electron chi connectivity index (χ2n) is 5.17. The molecule has 2 heterocycles. The van der Waals surface area contributed by atoms with Gasteiger partial charge in [-0.25, -0.2) is 4.98 Å². The lowest BCUT2D eigenvalue weighted by Gasteiger charge is -2.06. The fourth-order valence-electron chi connectivity index (χ4n) is 2.29. The first-order valence-electron chi connectivity index (χ1n) is 7.21. The molecule has 0 atom stereocenters. The number of benzene rings is 1. The van der Waals surface area contributed by atoms with E-state index >= 15 is 0 Å². The molecule has 0 radical (unpaired) electrons. The van der Waals surface area contributed by atoms with E-state index in [0.717, 1.165) is 17.8 Å². The summed E-state index contributed by atoms with van der Waals surface area (Å²) in [5.41, 5.74) is 2.68. The molecule has 1 amide bonds. The molecule has 0 fully saturated rings. The van der Waals surface area contributed by atoms with Gasteiger partial charge in [0, 0.05) is 49.9 Å². The summed E-state index contributed by atoms with van der Waals surface area (Å²) in [7, 11) is 1.93. The zero-order valence-electron chi connectivity index (χ0n) is 12.4. The van der Waals surface area contributed by atoms with Crippen LogP contribution in [-0.4, -0.2) is 26.6 Å². The predicted octanol–water partition coefficient (Wildman–Crippen LogP) is 2.18. The highest BCUT2D eigenvalue weighted by molar-refractivity contribution is 5.94. The van der Waals surface area contributed by atoms with Crippen molar-refractivity contribution in [1.29, 1.82) is 0 Å². The van der Waals surface area contributed by atoms with Gasteiger partial charge in [0.05, 0.1) is 12.0 Å². The van der Waals surface area contributed by atoms with Gasteiger partial charge in [0.15, 0.2) is 0 Å². The van der Waals surface area contributed by atoms with Gasteiger partial charge in [0.25, 0.3) is 5.91 Å². The van der Waals surface area contributed by atoms with E-state index in [9.17, 15) is 4.79 Å². The minimum Gasteiger partial charge on any atom is -0.352 e. The number of aromatic nitrogens is 3. The maximum absolute atomic E-state index is 12.1. The van der Waals surface area contributed by atoms with Gasteiger partial charge < -0.3 is 14.5 Å². The minimum atomic E-state index is -0.0602. The molecule has 0 saturated carbocycles. The molecule has 1 aromatic carbocycles. The van der Waals surface area contributed by atoms with E-state index in [1.807, 2.05) is 71.2 Å². The van der Waals surface area contributed by atoms with Gasteiger partial charge in [0.2, 0.25) is 0 Å². The van der Waals surface area contributed by atoms with Crippen molar-refractivity contribution in [1.82, 2.24) is 19.4 Å². The molecule has 0 aliphatic carbocycles. The highest BCUT2D eigenvalue weighted by atomic mass is 16.1. The third-order valence-corrected chi connectivity index (χ3v) is 3.46. The van der Waals surface area contributed by atoms with Crippen LogP contribution < -0.4 is 5.32 Å². The SMILES string of the molecule is Cn1cnc(CCNC(=O)c2ccc(-n3cccc3)cc2)c1. The first-order valence-corrected chi connectivity index (χ1v) is 7.21. The Morgan fingerprint density at radius 2 is 1.91 bits per heavy atom. The molecular formula is C17H18N4O. The number of imidazole rings is 1. The molecule has 0 aliphatic rings. The van der Waals surface area contributed by atoms with Gasteiger partial charge in [0.1, 0.15) is 0 Å². The van der Waals surface area contributed by atoms with Crippen LogP contribution in [0.1, 0.15) is 16.1 Å². The van der Waals surface area contributed by atoms with Crippen LogP contribution in [-0.2, 0) is 13.5 Å². The normalized spacial score (nSPS) is 10.6. The number of amides is 1. The molecule has 3 rings (SSSR count). The van der Waals surface area contributed by atoms with Gasteiger partial charge in [-0.1, -0.05) is 0 Å². The summed E-state index contributed by atoms with van der Waals surface area (Å²) in [5, 5.41) is 2.92. The first kappa shape index (κ1) is 14.1. The van der Waals surface area contributed by atoms with Crippen molar-refractivity contribution in [2.24, 2.45) is 7.05 Å². The standard InChI is InChI=1S/C17H18N4O/c1-20-12-15(19-13-20)8-9-18-17(22)14-4-6-16(7-5-14)21-10-2-3-11-21/h2-7,10-13H,8-9H2,1H3,(H,18,22). The number of hydrogen-bond donors (Lipinski definition) is 1. The summed E-state index contributed by atoms with van der Waals surface area (Å²) in [5.74, 6) is -0.0602. The molecular weight excluding hydrogens is 276 g/mol. The number of aryl methyl sites for hydroxylation is 1. The average Bonchev–Trinajstić information content (AvgIpc) is 3.19. The van der Waals surface area contributed by atoms with Crippen LogP contribution in [0.5, 0.6) is 0 Å². The van der Waals surface area contributed by atoms with Crippen LogP contribution in [0.3, 0.4) is 0 Å². The largest absolute Gasteiger partial charge is 0.352 e. The van der Waals surface area contributed by atoms with Gasteiger partial charge in [-0.2, -0.15) is 0 Å². The van der Waals surface area contributed by atoms with Crippen LogP contribution in [0.15, 0.2) is 61.3 Å². The average molecular weight is 294 g/mol. The van der Waals surface area contributed by atoms with E-state index in [-0.39, 0.29) is 5.91 Å². The lowest BCUT2D eigenvalue weighted by atomic mass is 10.2. The molecule has 3 aromatic rings. The van der Waals surface area contributed by atoms with Crippen molar-refractivity contribution in [3.63, 3.8) is 0 Å². The van der Waals surface area contributed by atoms with Crippen LogP contribution in [0.25, 0.3) is 5.69 Å². The molecule has 2 aromatic heterocycles. The summed E-state index contributed by atoms with van der Waals surface area (Å²) < 4.78 is 3.90. The molecule has 0 aliphatic heterocycles. The molecule has 5 nitrogen and oxygen atoms in total. The molecule has 22 heavy (non-hydrogen) atoms. The lowest BCUT2D eigenvalue weighted by molar-refractivity contribution is 0.0954. The Morgan fingerprint density at radius 1 is 1.18 bits per heavy atom. The maximum atomic E-state index is 12.1. The molecule has 0 spiro atoms. The number of rotatable bonds is 5. The predicted molar refractivity (Wildman–Crippen MR) is 85.0 cm³/mol. The third kappa shape index (κ3) is 3.25. The van der Waals surface area contributed by atoms with E-state index in [4.69, 9.17) is 0 Å². The molecule has 0 saturated heterocycles. The van der Waals surface area contributed by atoms with E-state index < -0.39 is 0 Å². The van der Waals surface area contributed by atoms with Crippen LogP contribution >= 0.6 is 0 Å². The Kier molecular flexibility index (Phi) is 4.05. The monoisotopic (exact) mass is 294 g/mol. The Bertz CT molecular complexity index is 741. The van der Waals surface area contributed by atoms with Gasteiger partial charge in [-0.05, 0) is 36.4 Å².